The Morgan fingerprint density at radius 2 is 1.72 bits per heavy atom. The average Bonchev–Trinajstić information content (AvgIpc) is 1.81. The Kier molecular flexibility index (Phi) is 30.2. The Balaban J connectivity index is -0.0000000720. The van der Waals surface area contributed by atoms with Crippen molar-refractivity contribution in [3.63, 3.8) is 0 Å². The maximum atomic E-state index is 10.2. The molecule has 0 saturated heterocycles. The monoisotopic (exact) mass is 321 g/mol. The Morgan fingerprint density at radius 1 is 1.39 bits per heavy atom. The molecule has 0 aliphatic carbocycles. The van der Waals surface area contributed by atoms with Crippen LogP contribution in [0.1, 0.15) is 0 Å². The van der Waals surface area contributed by atoms with E-state index in [0.29, 0.717) is 0 Å². The maximum Gasteiger partial charge on any atom is 2.00 e. The van der Waals surface area contributed by atoms with Gasteiger partial charge in [-0.05, 0) is 0 Å². The molecule has 0 aromatic heterocycles. The van der Waals surface area contributed by atoms with Gasteiger partial charge in [-0.2, -0.15) is 4.76 Å². The first kappa shape index (κ1) is 36.1. The van der Waals surface area contributed by atoms with Crippen LogP contribution in [0, 0.1) is 0 Å². The molecule has 14 heteroatoms. The molecule has 0 fully saturated rings. The number of hydrogen-bond donors (Lipinski definition) is 2. The Labute approximate surface area is 132 Å². The molecule has 0 radical (unpaired) electrons. The Hall–Kier alpha value is -0.0103. The minimum absolute atomic E-state index is 0. The summed E-state index contributed by atoms with van der Waals surface area (Å²) in [7, 11) is -3.68. The smallest absolute Gasteiger partial charge is 0.760 e. The molecule has 11 N–H and O–H groups in total. The molecule has 0 aromatic rings. The molecule has 0 aliphatic rings. The zero-order chi connectivity index (χ0) is 10.6. The number of rotatable bonds is 3. The SMILES string of the molecule is CN(CC(=O)[O-])/C(N)=N/P(=O)([O-])O.O.O.O.O.[Ca+2]. The first-order valence-electron chi connectivity index (χ1n) is 3.03. The van der Waals surface area contributed by atoms with Gasteiger partial charge in [0, 0.05) is 7.05 Å². The van der Waals surface area contributed by atoms with Gasteiger partial charge in [0.1, 0.15) is 0 Å². The summed E-state index contributed by atoms with van der Waals surface area (Å²) < 4.78 is 12.8. The van der Waals surface area contributed by atoms with E-state index in [2.05, 4.69) is 4.76 Å². The van der Waals surface area contributed by atoms with Crippen LogP contribution < -0.4 is 15.7 Å². The van der Waals surface area contributed by atoms with Crippen molar-refractivity contribution in [2.75, 3.05) is 13.6 Å². The molecule has 0 aliphatic heterocycles. The standard InChI is InChI=1S/C4H10N3O5P.Ca.4H2O/c1-7(2-3(8)9)4(5)6-13(10,11)12;;;;;/h2H2,1H3,(H,8,9)(H4,5,6,10,11,12);;4*1H2/q;+2;;;;/p-2. The number of carbonyl (C=O) groups is 1. The number of guanidine groups is 1. The first-order valence-corrected chi connectivity index (χ1v) is 4.56. The van der Waals surface area contributed by atoms with Gasteiger partial charge in [0.05, 0.1) is 12.5 Å². The minimum Gasteiger partial charge on any atom is -0.760 e. The molecule has 0 amide bonds. The second-order valence-electron chi connectivity index (χ2n) is 2.18. The van der Waals surface area contributed by atoms with E-state index in [1.54, 1.807) is 0 Å². The third-order valence-corrected chi connectivity index (χ3v) is 1.44. The van der Waals surface area contributed by atoms with E-state index < -0.39 is 26.2 Å². The van der Waals surface area contributed by atoms with Gasteiger partial charge < -0.3 is 52.2 Å². The van der Waals surface area contributed by atoms with Crippen molar-refractivity contribution in [2.45, 2.75) is 0 Å². The number of likely N-dealkylation sites (N-methyl/N-ethyl adjacent to an activating group) is 1. The predicted molar refractivity (Wildman–Crippen MR) is 59.3 cm³/mol. The number of hydrogen-bond acceptors (Lipinski definition) is 4. The molecule has 0 spiro atoms. The summed E-state index contributed by atoms with van der Waals surface area (Å²) in [6.45, 7) is -0.616. The minimum atomic E-state index is -4.86. The molecular formula is C4H16CaN3O9P. The molecule has 0 rings (SSSR count). The first-order chi connectivity index (χ1) is 5.72. The molecule has 18 heavy (non-hydrogen) atoms. The van der Waals surface area contributed by atoms with E-state index >= 15 is 0 Å². The molecule has 12 nitrogen and oxygen atoms in total. The summed E-state index contributed by atoms with van der Waals surface area (Å²) in [6.07, 6.45) is 0. The predicted octanol–water partition coefficient (Wildman–Crippen LogP) is -7.24. The third kappa shape index (κ3) is 21.3. The normalized spacial score (nSPS) is 11.8. The molecule has 0 saturated carbocycles. The summed E-state index contributed by atoms with van der Waals surface area (Å²) in [5.41, 5.74) is 5.00. The summed E-state index contributed by atoms with van der Waals surface area (Å²) in [6, 6.07) is 0. The molecule has 1 atom stereocenters. The van der Waals surface area contributed by atoms with Crippen molar-refractivity contribution in [3.8, 4) is 0 Å². The number of nitrogens with two attached hydrogens (primary N) is 1. The molecule has 1 unspecified atom stereocenters. The van der Waals surface area contributed by atoms with Gasteiger partial charge in [0.2, 0.25) is 0 Å². The summed E-state index contributed by atoms with van der Waals surface area (Å²) in [5, 5.41) is 10.0. The van der Waals surface area contributed by atoms with E-state index in [1.165, 1.54) is 7.05 Å². The largest absolute Gasteiger partial charge is 2.00 e. The van der Waals surface area contributed by atoms with Gasteiger partial charge in [-0.25, -0.2) is 0 Å². The van der Waals surface area contributed by atoms with Gasteiger partial charge in [0.15, 0.2) is 5.96 Å². The number of carboxylic acid groups (broad SMARTS) is 1. The van der Waals surface area contributed by atoms with Crippen molar-refractivity contribution in [1.82, 2.24) is 4.90 Å². The van der Waals surface area contributed by atoms with Gasteiger partial charge in [-0.1, -0.05) is 0 Å². The number of nitrogens with zero attached hydrogens (tertiary/aromatic N) is 2. The Morgan fingerprint density at radius 3 is 1.94 bits per heavy atom. The fourth-order valence-corrected chi connectivity index (χ4v) is 0.892. The summed E-state index contributed by atoms with van der Waals surface area (Å²) >= 11 is 0. The molecule has 0 bridgehead atoms. The zero-order valence-corrected chi connectivity index (χ0v) is 12.5. The van der Waals surface area contributed by atoms with Crippen molar-refractivity contribution < 1.29 is 46.2 Å². The topological polar surface area (TPSA) is 268 Å². The second kappa shape index (κ2) is 15.0. The Bertz CT molecular complexity index is 281. The maximum absolute atomic E-state index is 10.2. The van der Waals surface area contributed by atoms with Gasteiger partial charge in [0.25, 0.3) is 7.75 Å². The second-order valence-corrected chi connectivity index (χ2v) is 3.36. The van der Waals surface area contributed by atoms with Crippen LogP contribution in [0.3, 0.4) is 0 Å². The quantitative estimate of drug-likeness (QED) is 0.219. The number of aliphatic carboxylic acids is 1. The number of carbonyl (C=O) groups excluding carboxylic acids is 1. The molecule has 108 valence electrons. The fraction of sp³-hybridized carbons (Fsp3) is 0.500. The summed E-state index contributed by atoms with van der Waals surface area (Å²) in [5.74, 6) is -2.07. The van der Waals surface area contributed by atoms with Gasteiger partial charge in [-0.3, -0.25) is 4.57 Å². The molecular weight excluding hydrogens is 305 g/mol. The van der Waals surface area contributed by atoms with E-state index in [0.717, 1.165) is 4.90 Å². The van der Waals surface area contributed by atoms with E-state index in [4.69, 9.17) is 10.6 Å². The average molecular weight is 321 g/mol. The van der Waals surface area contributed by atoms with Crippen LogP contribution >= 0.6 is 7.75 Å². The number of carboxylic acids is 1. The van der Waals surface area contributed by atoms with Crippen LogP contribution in [0.5, 0.6) is 0 Å². The van der Waals surface area contributed by atoms with E-state index in [-0.39, 0.29) is 59.6 Å². The van der Waals surface area contributed by atoms with E-state index in [1.807, 2.05) is 0 Å². The van der Waals surface area contributed by atoms with Crippen LogP contribution in [0.4, 0.5) is 0 Å². The van der Waals surface area contributed by atoms with Crippen molar-refractivity contribution in [1.29, 1.82) is 0 Å². The third-order valence-electron chi connectivity index (χ3n) is 0.986. The molecule has 0 aromatic carbocycles. The van der Waals surface area contributed by atoms with Crippen molar-refractivity contribution in [2.24, 2.45) is 10.5 Å². The van der Waals surface area contributed by atoms with Crippen LogP contribution in [-0.2, 0) is 9.36 Å². The van der Waals surface area contributed by atoms with Crippen molar-refractivity contribution >= 4 is 57.4 Å². The van der Waals surface area contributed by atoms with Gasteiger partial charge in [-0.15, -0.1) is 0 Å². The molecule has 0 heterocycles. The van der Waals surface area contributed by atoms with E-state index in [9.17, 15) is 19.4 Å². The van der Waals surface area contributed by atoms with Crippen LogP contribution in [0.2, 0.25) is 0 Å². The fourth-order valence-electron chi connectivity index (χ4n) is 0.480. The van der Waals surface area contributed by atoms with Crippen LogP contribution in [-0.4, -0.2) is 95.0 Å². The van der Waals surface area contributed by atoms with Crippen LogP contribution in [0.25, 0.3) is 0 Å². The van der Waals surface area contributed by atoms with Crippen LogP contribution in [0.15, 0.2) is 4.76 Å². The zero-order valence-electron chi connectivity index (χ0n) is 9.41. The summed E-state index contributed by atoms with van der Waals surface area (Å²) in [4.78, 5) is 29.2. The van der Waals surface area contributed by atoms with Crippen molar-refractivity contribution in [3.05, 3.63) is 0 Å². The van der Waals surface area contributed by atoms with Gasteiger partial charge >= 0.3 is 37.7 Å².